The van der Waals surface area contributed by atoms with E-state index in [0.717, 1.165) is 6.61 Å². The number of hydrogen-bond donors (Lipinski definition) is 2. The molecular weight excluding hydrogens is 292 g/mol. The molecule has 0 amide bonds. The van der Waals surface area contributed by atoms with E-state index in [9.17, 15) is 8.42 Å². The Morgan fingerprint density at radius 1 is 1.29 bits per heavy atom. The lowest BCUT2D eigenvalue weighted by molar-refractivity contribution is 0.129. The standard InChI is InChI=1S/C14H22N2O4S/c15-13-2-1-3-14(10-13)20-8-9-21(17,18)16-6-7-19-11-12-4-5-12/h1-3,10,12,16H,4-9,11,15H2. The Bertz CT molecular complexity index is 544. The predicted octanol–water partition coefficient (Wildman–Crippen LogP) is 0.994. The van der Waals surface area contributed by atoms with E-state index in [1.807, 2.05) is 0 Å². The van der Waals surface area contributed by atoms with Gasteiger partial charge in [0.2, 0.25) is 10.0 Å². The van der Waals surface area contributed by atoms with Crippen molar-refractivity contribution in [2.45, 2.75) is 12.8 Å². The van der Waals surface area contributed by atoms with E-state index < -0.39 is 10.0 Å². The maximum Gasteiger partial charge on any atom is 0.215 e. The number of anilines is 1. The molecule has 3 N–H and O–H groups in total. The Labute approximate surface area is 125 Å². The summed E-state index contributed by atoms with van der Waals surface area (Å²) in [4.78, 5) is 0. The smallest absolute Gasteiger partial charge is 0.215 e. The van der Waals surface area contributed by atoms with Gasteiger partial charge in [0.1, 0.15) is 12.4 Å². The van der Waals surface area contributed by atoms with E-state index >= 15 is 0 Å². The zero-order valence-electron chi connectivity index (χ0n) is 12.0. The zero-order valence-corrected chi connectivity index (χ0v) is 12.8. The maximum absolute atomic E-state index is 11.7. The van der Waals surface area contributed by atoms with Crippen LogP contribution in [-0.4, -0.2) is 40.5 Å². The second-order valence-electron chi connectivity index (χ2n) is 5.15. The molecule has 1 aliphatic rings. The molecule has 0 heterocycles. The van der Waals surface area contributed by atoms with Gasteiger partial charge in [0.15, 0.2) is 0 Å². The van der Waals surface area contributed by atoms with Gasteiger partial charge in [-0.15, -0.1) is 0 Å². The molecule has 1 fully saturated rings. The van der Waals surface area contributed by atoms with Gasteiger partial charge in [0.25, 0.3) is 0 Å². The van der Waals surface area contributed by atoms with Crippen LogP contribution in [0.4, 0.5) is 5.69 Å². The van der Waals surface area contributed by atoms with Crippen molar-refractivity contribution in [2.75, 3.05) is 37.9 Å². The lowest BCUT2D eigenvalue weighted by atomic mass is 10.3. The summed E-state index contributed by atoms with van der Waals surface area (Å²) in [5.74, 6) is 1.16. The van der Waals surface area contributed by atoms with Crippen molar-refractivity contribution in [1.82, 2.24) is 4.72 Å². The molecule has 2 rings (SSSR count). The number of hydrogen-bond acceptors (Lipinski definition) is 5. The van der Waals surface area contributed by atoms with E-state index in [0.29, 0.717) is 30.5 Å². The molecule has 0 unspecified atom stereocenters. The average Bonchev–Trinajstić information content (AvgIpc) is 3.22. The van der Waals surface area contributed by atoms with Crippen molar-refractivity contribution in [3.8, 4) is 5.75 Å². The Morgan fingerprint density at radius 2 is 2.10 bits per heavy atom. The number of nitrogens with two attached hydrogens (primary N) is 1. The van der Waals surface area contributed by atoms with Gasteiger partial charge >= 0.3 is 0 Å². The fourth-order valence-corrected chi connectivity index (χ4v) is 2.59. The third-order valence-electron chi connectivity index (χ3n) is 3.10. The first-order chi connectivity index (χ1) is 10.1. The van der Waals surface area contributed by atoms with Crippen LogP contribution < -0.4 is 15.2 Å². The molecule has 0 spiro atoms. The zero-order chi connectivity index (χ0) is 15.1. The maximum atomic E-state index is 11.7. The highest BCUT2D eigenvalue weighted by Crippen LogP contribution is 2.28. The molecule has 0 aliphatic heterocycles. The van der Waals surface area contributed by atoms with Crippen molar-refractivity contribution in [1.29, 1.82) is 0 Å². The van der Waals surface area contributed by atoms with Crippen LogP contribution in [0, 0.1) is 5.92 Å². The Morgan fingerprint density at radius 3 is 2.81 bits per heavy atom. The first-order valence-corrected chi connectivity index (χ1v) is 8.74. The Balaban J connectivity index is 1.59. The normalized spacial score (nSPS) is 15.0. The van der Waals surface area contributed by atoms with Crippen LogP contribution >= 0.6 is 0 Å². The summed E-state index contributed by atoms with van der Waals surface area (Å²) in [5.41, 5.74) is 6.20. The minimum Gasteiger partial charge on any atom is -0.492 e. The van der Waals surface area contributed by atoms with E-state index in [1.165, 1.54) is 12.8 Å². The molecule has 0 atom stereocenters. The first-order valence-electron chi connectivity index (χ1n) is 7.08. The van der Waals surface area contributed by atoms with Crippen molar-refractivity contribution in [3.05, 3.63) is 24.3 Å². The molecule has 118 valence electrons. The molecular formula is C14H22N2O4S. The Hall–Kier alpha value is -1.31. The highest BCUT2D eigenvalue weighted by Gasteiger charge is 2.21. The number of rotatable bonds is 10. The lowest BCUT2D eigenvalue weighted by Crippen LogP contribution is -2.31. The van der Waals surface area contributed by atoms with Gasteiger partial charge in [-0.2, -0.15) is 0 Å². The van der Waals surface area contributed by atoms with Gasteiger partial charge < -0.3 is 15.2 Å². The molecule has 7 heteroatoms. The van der Waals surface area contributed by atoms with E-state index in [4.69, 9.17) is 15.2 Å². The topological polar surface area (TPSA) is 90.7 Å². The number of nitrogen functional groups attached to an aromatic ring is 1. The third kappa shape index (κ3) is 6.79. The summed E-state index contributed by atoms with van der Waals surface area (Å²) in [6.07, 6.45) is 2.46. The van der Waals surface area contributed by atoms with E-state index in [2.05, 4.69) is 4.72 Å². The highest BCUT2D eigenvalue weighted by atomic mass is 32.2. The van der Waals surface area contributed by atoms with Crippen LogP contribution in [0.1, 0.15) is 12.8 Å². The Kier molecular flexibility index (Phi) is 5.84. The molecule has 1 saturated carbocycles. The van der Waals surface area contributed by atoms with Gasteiger partial charge in [-0.25, -0.2) is 13.1 Å². The summed E-state index contributed by atoms with van der Waals surface area (Å²) >= 11 is 0. The fourth-order valence-electron chi connectivity index (χ4n) is 1.75. The number of sulfonamides is 1. The predicted molar refractivity (Wildman–Crippen MR) is 81.7 cm³/mol. The van der Waals surface area contributed by atoms with Gasteiger partial charge in [-0.3, -0.25) is 0 Å². The quantitative estimate of drug-likeness (QED) is 0.496. The van der Waals surface area contributed by atoms with Gasteiger partial charge in [0.05, 0.1) is 12.4 Å². The van der Waals surface area contributed by atoms with Crippen LogP contribution in [0.25, 0.3) is 0 Å². The molecule has 1 aromatic carbocycles. The van der Waals surface area contributed by atoms with E-state index in [1.54, 1.807) is 24.3 Å². The molecule has 0 saturated heterocycles. The van der Waals surface area contributed by atoms with Crippen molar-refractivity contribution in [2.24, 2.45) is 5.92 Å². The second-order valence-corrected chi connectivity index (χ2v) is 7.08. The summed E-state index contributed by atoms with van der Waals surface area (Å²) in [5, 5.41) is 0. The average molecular weight is 314 g/mol. The van der Waals surface area contributed by atoms with Crippen LogP contribution in [-0.2, 0) is 14.8 Å². The van der Waals surface area contributed by atoms with Crippen LogP contribution in [0.5, 0.6) is 5.75 Å². The number of ether oxygens (including phenoxy) is 2. The van der Waals surface area contributed by atoms with E-state index in [-0.39, 0.29) is 12.4 Å². The minimum atomic E-state index is -3.33. The highest BCUT2D eigenvalue weighted by molar-refractivity contribution is 7.89. The summed E-state index contributed by atoms with van der Waals surface area (Å²) in [6.45, 7) is 1.53. The van der Waals surface area contributed by atoms with Gasteiger partial charge in [-0.05, 0) is 30.9 Å². The molecule has 0 aromatic heterocycles. The molecule has 0 bridgehead atoms. The summed E-state index contributed by atoms with van der Waals surface area (Å²) in [7, 11) is -3.33. The van der Waals surface area contributed by atoms with Crippen molar-refractivity contribution in [3.63, 3.8) is 0 Å². The van der Waals surface area contributed by atoms with Crippen LogP contribution in [0.2, 0.25) is 0 Å². The first kappa shape index (κ1) is 16.1. The molecule has 6 nitrogen and oxygen atoms in total. The summed E-state index contributed by atoms with van der Waals surface area (Å²) < 4.78 is 36.7. The second kappa shape index (κ2) is 7.63. The van der Waals surface area contributed by atoms with Crippen molar-refractivity contribution < 1.29 is 17.9 Å². The molecule has 21 heavy (non-hydrogen) atoms. The number of nitrogens with one attached hydrogen (secondary N) is 1. The SMILES string of the molecule is Nc1cccc(OCCS(=O)(=O)NCCOCC2CC2)c1. The monoisotopic (exact) mass is 314 g/mol. The molecule has 0 radical (unpaired) electrons. The lowest BCUT2D eigenvalue weighted by Gasteiger charge is -2.09. The van der Waals surface area contributed by atoms with Crippen molar-refractivity contribution >= 4 is 15.7 Å². The van der Waals surface area contributed by atoms with Crippen LogP contribution in [0.15, 0.2) is 24.3 Å². The van der Waals surface area contributed by atoms with Gasteiger partial charge in [-0.1, -0.05) is 6.07 Å². The fraction of sp³-hybridized carbons (Fsp3) is 0.571. The summed E-state index contributed by atoms with van der Waals surface area (Å²) in [6, 6.07) is 6.90. The van der Waals surface area contributed by atoms with Gasteiger partial charge in [0, 0.05) is 24.9 Å². The third-order valence-corrected chi connectivity index (χ3v) is 4.45. The minimum absolute atomic E-state index is 0.0850. The molecule has 1 aliphatic carbocycles. The largest absolute Gasteiger partial charge is 0.492 e. The van der Waals surface area contributed by atoms with Crippen LogP contribution in [0.3, 0.4) is 0 Å². The number of benzene rings is 1. The molecule has 1 aromatic rings.